The number of amides is 1. The number of nitrogen functional groups attached to an aromatic ring is 1. The molecule has 35 heavy (non-hydrogen) atoms. The van der Waals surface area contributed by atoms with Gasteiger partial charge in [-0.05, 0) is 25.1 Å². The van der Waals surface area contributed by atoms with Gasteiger partial charge < -0.3 is 15.4 Å². The maximum Gasteiger partial charge on any atom is 0.416 e. The Morgan fingerprint density at radius 3 is 2.74 bits per heavy atom. The first-order valence-electron chi connectivity index (χ1n) is 10.8. The molecule has 0 bridgehead atoms. The van der Waals surface area contributed by atoms with Crippen molar-refractivity contribution in [1.29, 1.82) is 0 Å². The third-order valence-corrected chi connectivity index (χ3v) is 6.53. The Labute approximate surface area is 195 Å². The summed E-state index contributed by atoms with van der Waals surface area (Å²) in [7, 11) is 0. The van der Waals surface area contributed by atoms with Gasteiger partial charge in [-0.1, -0.05) is 6.07 Å². The molecule has 4 aromatic rings. The highest BCUT2D eigenvalue weighted by molar-refractivity contribution is 5.96. The number of aryl methyl sites for hydroxylation is 1. The van der Waals surface area contributed by atoms with Crippen LogP contribution in [0.1, 0.15) is 39.9 Å². The maximum atomic E-state index is 14.6. The molecule has 6 rings (SSSR count). The van der Waals surface area contributed by atoms with Crippen LogP contribution in [0.3, 0.4) is 0 Å². The second-order valence-electron chi connectivity index (χ2n) is 8.72. The topological polar surface area (TPSA) is 98.6 Å². The van der Waals surface area contributed by atoms with Gasteiger partial charge in [0, 0.05) is 12.0 Å². The summed E-state index contributed by atoms with van der Waals surface area (Å²) in [5, 5.41) is 0. The summed E-state index contributed by atoms with van der Waals surface area (Å²) in [6.07, 6.45) is -3.81. The average molecular weight is 486 g/mol. The number of benzene rings is 1. The van der Waals surface area contributed by atoms with Crippen molar-refractivity contribution in [3.8, 4) is 5.75 Å². The van der Waals surface area contributed by atoms with Gasteiger partial charge in [-0.2, -0.15) is 13.2 Å². The first-order chi connectivity index (χ1) is 16.6. The van der Waals surface area contributed by atoms with E-state index in [0.29, 0.717) is 27.9 Å². The third-order valence-electron chi connectivity index (χ3n) is 6.53. The molecule has 8 nitrogen and oxygen atoms in total. The van der Waals surface area contributed by atoms with Gasteiger partial charge in [-0.3, -0.25) is 9.20 Å². The molecule has 1 saturated heterocycles. The van der Waals surface area contributed by atoms with Gasteiger partial charge in [-0.15, -0.1) is 0 Å². The molecule has 0 saturated carbocycles. The van der Waals surface area contributed by atoms with Crippen LogP contribution in [-0.4, -0.2) is 49.0 Å². The zero-order valence-electron chi connectivity index (χ0n) is 18.3. The number of carbonyl (C=O) groups is 1. The fraction of sp³-hybridized carbons (Fsp3) is 0.304. The van der Waals surface area contributed by atoms with Crippen LogP contribution in [0.25, 0.3) is 16.6 Å². The molecule has 2 aliphatic heterocycles. The van der Waals surface area contributed by atoms with Crippen molar-refractivity contribution in [2.75, 3.05) is 12.3 Å². The Hall–Kier alpha value is -3.96. The average Bonchev–Trinajstić information content (AvgIpc) is 3.37. The highest BCUT2D eigenvalue weighted by Crippen LogP contribution is 2.47. The van der Waals surface area contributed by atoms with Crippen LogP contribution in [0, 0.1) is 6.92 Å². The lowest BCUT2D eigenvalue weighted by atomic mass is 9.92. The van der Waals surface area contributed by atoms with Gasteiger partial charge in [0.1, 0.15) is 46.4 Å². The number of aromatic nitrogens is 4. The highest BCUT2D eigenvalue weighted by atomic mass is 19.4. The number of piperidine rings is 1. The molecule has 180 valence electrons. The number of carbonyl (C=O) groups excluding carboxylic acids is 1. The minimum atomic E-state index is -4.55. The normalized spacial score (nSPS) is 21.7. The summed E-state index contributed by atoms with van der Waals surface area (Å²) in [5.41, 5.74) is 7.14. The number of likely N-dealkylation sites (tertiary alicyclic amines) is 1. The Balaban J connectivity index is 1.43. The number of imidazole rings is 1. The van der Waals surface area contributed by atoms with E-state index in [1.807, 2.05) is 0 Å². The van der Waals surface area contributed by atoms with Crippen molar-refractivity contribution in [1.82, 2.24) is 24.3 Å². The van der Waals surface area contributed by atoms with Gasteiger partial charge in [-0.25, -0.2) is 19.3 Å². The van der Waals surface area contributed by atoms with Crippen LogP contribution in [-0.2, 0) is 6.18 Å². The lowest BCUT2D eigenvalue weighted by molar-refractivity contribution is -0.137. The van der Waals surface area contributed by atoms with Gasteiger partial charge in [0.2, 0.25) is 0 Å². The quantitative estimate of drug-likeness (QED) is 0.410. The molecule has 5 heterocycles. The number of hydrogen-bond acceptors (Lipinski definition) is 6. The van der Waals surface area contributed by atoms with Crippen molar-refractivity contribution in [3.63, 3.8) is 0 Å². The summed E-state index contributed by atoms with van der Waals surface area (Å²) in [4.78, 5) is 27.7. The second-order valence-corrected chi connectivity index (χ2v) is 8.72. The van der Waals surface area contributed by atoms with Crippen molar-refractivity contribution in [2.24, 2.45) is 0 Å². The van der Waals surface area contributed by atoms with Crippen molar-refractivity contribution in [3.05, 3.63) is 59.3 Å². The fourth-order valence-electron chi connectivity index (χ4n) is 4.98. The Morgan fingerprint density at radius 1 is 1.17 bits per heavy atom. The number of halogens is 4. The molecule has 2 N–H and O–H groups in total. The third kappa shape index (κ3) is 3.27. The molecule has 0 radical (unpaired) electrons. The van der Waals surface area contributed by atoms with Gasteiger partial charge in [0.05, 0.1) is 36.1 Å². The zero-order chi connectivity index (χ0) is 24.6. The van der Waals surface area contributed by atoms with Crippen LogP contribution in [0.2, 0.25) is 0 Å². The van der Waals surface area contributed by atoms with Crippen molar-refractivity contribution in [2.45, 2.75) is 37.8 Å². The van der Waals surface area contributed by atoms with Gasteiger partial charge >= 0.3 is 6.18 Å². The van der Waals surface area contributed by atoms with Crippen LogP contribution in [0.5, 0.6) is 5.75 Å². The summed E-state index contributed by atoms with van der Waals surface area (Å²) in [6, 6.07) is 3.93. The summed E-state index contributed by atoms with van der Waals surface area (Å²) >= 11 is 0. The number of rotatable bonds is 1. The molecule has 0 spiro atoms. The van der Waals surface area contributed by atoms with E-state index in [4.69, 9.17) is 10.5 Å². The van der Waals surface area contributed by atoms with E-state index in [1.54, 1.807) is 17.5 Å². The number of fused-ring (bicyclic) bond motifs is 6. The molecule has 1 fully saturated rings. The number of pyridine rings is 1. The molecule has 1 aromatic carbocycles. The van der Waals surface area contributed by atoms with Crippen LogP contribution < -0.4 is 10.5 Å². The van der Waals surface area contributed by atoms with Gasteiger partial charge in [0.25, 0.3) is 5.91 Å². The predicted molar refractivity (Wildman–Crippen MR) is 117 cm³/mol. The Kier molecular flexibility index (Phi) is 4.48. The number of alkyl halides is 4. The SMILES string of the molecule is Cc1ncc2c(N)nc3cnc(C(=O)N4C[C@H](F)C[C@@H]5Oc6cc(C(F)(F)F)ccc6[C@@H]54)cc3n12. The number of nitrogens with zero attached hydrogens (tertiary/aromatic N) is 5. The van der Waals surface area contributed by atoms with Gasteiger partial charge in [0.15, 0.2) is 0 Å². The monoisotopic (exact) mass is 486 g/mol. The molecule has 12 heteroatoms. The minimum Gasteiger partial charge on any atom is -0.487 e. The van der Waals surface area contributed by atoms with E-state index in [9.17, 15) is 22.4 Å². The summed E-state index contributed by atoms with van der Waals surface area (Å²) in [5.74, 6) is 0.326. The Morgan fingerprint density at radius 2 is 1.97 bits per heavy atom. The molecule has 2 aliphatic rings. The smallest absolute Gasteiger partial charge is 0.416 e. The number of anilines is 1. The zero-order valence-corrected chi connectivity index (χ0v) is 18.3. The van der Waals surface area contributed by atoms with Crippen molar-refractivity contribution >= 4 is 28.3 Å². The van der Waals surface area contributed by atoms with E-state index in [0.717, 1.165) is 12.1 Å². The second kappa shape index (κ2) is 7.27. The molecular weight excluding hydrogens is 468 g/mol. The predicted octanol–water partition coefficient (Wildman–Crippen LogP) is 3.87. The molecule has 3 aromatic heterocycles. The van der Waals surface area contributed by atoms with Crippen molar-refractivity contribution < 1.29 is 27.1 Å². The van der Waals surface area contributed by atoms with Crippen LogP contribution in [0.4, 0.5) is 23.4 Å². The number of hydrogen-bond donors (Lipinski definition) is 1. The summed E-state index contributed by atoms with van der Waals surface area (Å²) < 4.78 is 61.6. The molecule has 3 atom stereocenters. The fourth-order valence-corrected chi connectivity index (χ4v) is 4.98. The Bertz CT molecular complexity index is 1520. The largest absolute Gasteiger partial charge is 0.487 e. The number of nitrogens with two attached hydrogens (primary N) is 1. The molecule has 0 aliphatic carbocycles. The molecule has 1 amide bonds. The maximum absolute atomic E-state index is 14.6. The van der Waals surface area contributed by atoms with Crippen LogP contribution >= 0.6 is 0 Å². The molecule has 0 unspecified atom stereocenters. The van der Waals surface area contributed by atoms with E-state index < -0.39 is 36.0 Å². The summed E-state index contributed by atoms with van der Waals surface area (Å²) in [6.45, 7) is 1.54. The van der Waals surface area contributed by atoms with E-state index in [1.165, 1.54) is 23.2 Å². The highest BCUT2D eigenvalue weighted by Gasteiger charge is 2.47. The number of ether oxygens (including phenoxy) is 1. The lowest BCUT2D eigenvalue weighted by Crippen LogP contribution is -2.49. The lowest BCUT2D eigenvalue weighted by Gasteiger charge is -2.38. The van der Waals surface area contributed by atoms with E-state index >= 15 is 0 Å². The standard InChI is InChI=1S/C23H18F4N6O2/c1-10-29-8-17-21(28)31-15-7-30-14(6-16(15)33(10)17)22(34)32-9-12(24)5-19-20(32)13-3-2-11(23(25,26)27)4-18(13)35-19/h2-4,6-8,12,19-20H,5,9H2,1H3,(H2,28,31)/t12-,19+,20+/m1/s1. The minimum absolute atomic E-state index is 0.00335. The first-order valence-corrected chi connectivity index (χ1v) is 10.8. The van der Waals surface area contributed by atoms with Crippen LogP contribution in [0.15, 0.2) is 36.7 Å². The van der Waals surface area contributed by atoms with E-state index in [-0.39, 0.29) is 30.2 Å². The molecular formula is C23H18F4N6O2. The first kappa shape index (κ1) is 21.6. The van der Waals surface area contributed by atoms with E-state index in [2.05, 4.69) is 15.0 Å².